The van der Waals surface area contributed by atoms with Crippen molar-refractivity contribution < 1.29 is 26.7 Å². The lowest BCUT2D eigenvalue weighted by Gasteiger charge is -2.34. The molecule has 2 aromatic carbocycles. The van der Waals surface area contributed by atoms with Gasteiger partial charge >= 0.3 is 6.03 Å². The highest BCUT2D eigenvalue weighted by atomic mass is 19.3. The van der Waals surface area contributed by atoms with Gasteiger partial charge in [-0.15, -0.1) is 0 Å². The van der Waals surface area contributed by atoms with Gasteiger partial charge in [0, 0.05) is 43.1 Å². The molecule has 1 fully saturated rings. The third-order valence-corrected chi connectivity index (χ3v) is 5.45. The Morgan fingerprint density at radius 1 is 1.03 bits per heavy atom. The molecule has 0 aliphatic heterocycles. The fraction of sp³-hybridized carbons (Fsp3) is 0.318. The zero-order valence-electron chi connectivity index (χ0n) is 16.4. The lowest BCUT2D eigenvalue weighted by molar-refractivity contribution is -0.108. The Morgan fingerprint density at radius 2 is 1.74 bits per heavy atom. The van der Waals surface area contributed by atoms with Crippen LogP contribution < -0.4 is 10.6 Å². The molecular weight excluding hydrogens is 417 g/mol. The van der Waals surface area contributed by atoms with E-state index in [1.54, 1.807) is 0 Å². The maximum atomic E-state index is 14.3. The van der Waals surface area contributed by atoms with Crippen molar-refractivity contribution in [3.05, 3.63) is 59.4 Å². The van der Waals surface area contributed by atoms with E-state index in [1.807, 2.05) is 0 Å². The van der Waals surface area contributed by atoms with Gasteiger partial charge in [0.1, 0.15) is 17.5 Å². The molecular formula is C22H20F5N3O. The predicted molar refractivity (Wildman–Crippen MR) is 106 cm³/mol. The molecule has 1 aliphatic carbocycles. The predicted octanol–water partition coefficient (Wildman–Crippen LogP) is 5.14. The first kappa shape index (κ1) is 21.1. The summed E-state index contributed by atoms with van der Waals surface area (Å²) in [6, 6.07) is 7.03. The first-order valence-electron chi connectivity index (χ1n) is 9.87. The van der Waals surface area contributed by atoms with Crippen LogP contribution in [0.25, 0.3) is 22.2 Å². The van der Waals surface area contributed by atoms with Crippen LogP contribution in [0.15, 0.2) is 36.4 Å². The summed E-state index contributed by atoms with van der Waals surface area (Å²) < 4.78 is 67.1. The number of nitrogens with one attached hydrogen (secondary N) is 3. The maximum absolute atomic E-state index is 14.3. The van der Waals surface area contributed by atoms with Crippen molar-refractivity contribution >= 4 is 16.9 Å². The topological polar surface area (TPSA) is 56.9 Å². The molecule has 4 rings (SSSR count). The molecule has 2 amide bonds. The number of carbonyl (C=O) groups is 1. The molecule has 31 heavy (non-hydrogen) atoms. The van der Waals surface area contributed by atoms with E-state index >= 15 is 0 Å². The van der Waals surface area contributed by atoms with Gasteiger partial charge in [0.15, 0.2) is 0 Å². The smallest absolute Gasteiger partial charge is 0.314 e. The lowest BCUT2D eigenvalue weighted by Crippen LogP contribution is -2.45. The van der Waals surface area contributed by atoms with Crippen LogP contribution in [0.1, 0.15) is 18.4 Å². The summed E-state index contributed by atoms with van der Waals surface area (Å²) in [5.41, 5.74) is 1.77. The minimum atomic E-state index is -2.64. The van der Waals surface area contributed by atoms with Gasteiger partial charge in [-0.2, -0.15) is 0 Å². The zero-order chi connectivity index (χ0) is 22.2. The van der Waals surface area contributed by atoms with Crippen molar-refractivity contribution in [2.75, 3.05) is 13.1 Å². The molecule has 3 aromatic rings. The quantitative estimate of drug-likeness (QED) is 0.460. The van der Waals surface area contributed by atoms with E-state index in [4.69, 9.17) is 0 Å². The first-order chi connectivity index (χ1) is 14.7. The van der Waals surface area contributed by atoms with E-state index < -0.39 is 29.4 Å². The Bertz CT molecular complexity index is 1100. The molecule has 0 unspecified atom stereocenters. The number of hydrogen-bond acceptors (Lipinski definition) is 1. The van der Waals surface area contributed by atoms with Gasteiger partial charge in [-0.25, -0.2) is 26.7 Å². The van der Waals surface area contributed by atoms with Crippen LogP contribution in [0.3, 0.4) is 0 Å². The number of urea groups is 1. The van der Waals surface area contributed by atoms with Crippen LogP contribution in [0.4, 0.5) is 26.7 Å². The van der Waals surface area contributed by atoms with Crippen molar-refractivity contribution in [2.45, 2.75) is 25.2 Å². The van der Waals surface area contributed by atoms with Crippen LogP contribution in [-0.2, 0) is 6.42 Å². The Hall–Kier alpha value is -3.10. The fourth-order valence-corrected chi connectivity index (χ4v) is 3.93. The monoisotopic (exact) mass is 437 g/mol. The van der Waals surface area contributed by atoms with Gasteiger partial charge in [-0.3, -0.25) is 0 Å². The number of aromatic nitrogens is 1. The van der Waals surface area contributed by atoms with Gasteiger partial charge in [-0.05, 0) is 53.8 Å². The summed E-state index contributed by atoms with van der Waals surface area (Å²) in [6.45, 7) is 0.303. The molecule has 9 heteroatoms. The molecule has 164 valence electrons. The van der Waals surface area contributed by atoms with Crippen LogP contribution >= 0.6 is 0 Å². The van der Waals surface area contributed by atoms with E-state index in [-0.39, 0.29) is 43.8 Å². The van der Waals surface area contributed by atoms with Crippen molar-refractivity contribution in [1.29, 1.82) is 0 Å². The van der Waals surface area contributed by atoms with E-state index in [0.29, 0.717) is 22.2 Å². The summed E-state index contributed by atoms with van der Waals surface area (Å²) >= 11 is 0. The largest absolute Gasteiger partial charge is 0.352 e. The minimum Gasteiger partial charge on any atom is -0.352 e. The number of alkyl halides is 2. The standard InChI is InChI=1S/C22H20F5N3O/c23-14-3-1-13(2-4-14)19-16(17-7-15(24)8-18(25)20(17)30-19)5-6-28-21(31)29-11-12-9-22(26,27)10-12/h1-4,7-8,12,30H,5-6,9-11H2,(H2,28,29,31). The Morgan fingerprint density at radius 3 is 2.42 bits per heavy atom. The summed E-state index contributed by atoms with van der Waals surface area (Å²) in [6.07, 6.45) is -0.230. The number of aromatic amines is 1. The minimum absolute atomic E-state index is 0.117. The number of rotatable bonds is 6. The van der Waals surface area contributed by atoms with Gasteiger partial charge in [0.05, 0.1) is 5.52 Å². The average Bonchev–Trinajstić information content (AvgIpc) is 3.04. The molecule has 1 aromatic heterocycles. The van der Waals surface area contributed by atoms with Gasteiger partial charge in [0.25, 0.3) is 0 Å². The maximum Gasteiger partial charge on any atom is 0.314 e. The van der Waals surface area contributed by atoms with E-state index in [0.717, 1.165) is 6.07 Å². The highest BCUT2D eigenvalue weighted by Gasteiger charge is 2.44. The summed E-state index contributed by atoms with van der Waals surface area (Å²) in [5, 5.41) is 5.51. The second-order valence-electron chi connectivity index (χ2n) is 7.81. The summed E-state index contributed by atoms with van der Waals surface area (Å²) in [5.74, 6) is -4.81. The average molecular weight is 437 g/mol. The molecule has 1 heterocycles. The molecule has 4 nitrogen and oxygen atoms in total. The summed E-state index contributed by atoms with van der Waals surface area (Å²) in [7, 11) is 0. The highest BCUT2D eigenvalue weighted by molar-refractivity contribution is 5.91. The number of hydrogen-bond donors (Lipinski definition) is 3. The van der Waals surface area contributed by atoms with Crippen molar-refractivity contribution in [3.63, 3.8) is 0 Å². The summed E-state index contributed by atoms with van der Waals surface area (Å²) in [4.78, 5) is 14.9. The van der Waals surface area contributed by atoms with E-state index in [1.165, 1.54) is 30.3 Å². The van der Waals surface area contributed by atoms with Gasteiger partial charge in [0.2, 0.25) is 5.92 Å². The number of carbonyl (C=O) groups excluding carboxylic acids is 1. The van der Waals surface area contributed by atoms with Crippen LogP contribution in [0, 0.1) is 23.4 Å². The SMILES string of the molecule is O=C(NCCc1c(-c2ccc(F)cc2)[nH]c2c(F)cc(F)cc12)NCC1CC(F)(F)C1. The van der Waals surface area contributed by atoms with Gasteiger partial charge < -0.3 is 15.6 Å². The Kier molecular flexibility index (Phi) is 5.60. The van der Waals surface area contributed by atoms with Crippen molar-refractivity contribution in [1.82, 2.24) is 15.6 Å². The molecule has 0 spiro atoms. The van der Waals surface area contributed by atoms with Crippen LogP contribution in [0.5, 0.6) is 0 Å². The van der Waals surface area contributed by atoms with Crippen LogP contribution in [-0.4, -0.2) is 30.0 Å². The molecule has 0 atom stereocenters. The van der Waals surface area contributed by atoms with E-state index in [2.05, 4.69) is 15.6 Å². The number of fused-ring (bicyclic) bond motifs is 1. The molecule has 0 bridgehead atoms. The van der Waals surface area contributed by atoms with Crippen molar-refractivity contribution in [2.24, 2.45) is 5.92 Å². The molecule has 1 saturated carbocycles. The van der Waals surface area contributed by atoms with E-state index in [9.17, 15) is 26.7 Å². The second kappa shape index (κ2) is 8.20. The molecule has 3 N–H and O–H groups in total. The van der Waals surface area contributed by atoms with Gasteiger partial charge in [-0.1, -0.05) is 0 Å². The third-order valence-electron chi connectivity index (χ3n) is 5.45. The normalized spacial score (nSPS) is 15.6. The molecule has 0 radical (unpaired) electrons. The first-order valence-corrected chi connectivity index (χ1v) is 9.87. The second-order valence-corrected chi connectivity index (χ2v) is 7.81. The Labute approximate surface area is 174 Å². The molecule has 0 saturated heterocycles. The zero-order valence-corrected chi connectivity index (χ0v) is 16.4. The third kappa shape index (κ3) is 4.65. The number of amides is 2. The lowest BCUT2D eigenvalue weighted by atomic mass is 9.81. The highest BCUT2D eigenvalue weighted by Crippen LogP contribution is 2.41. The van der Waals surface area contributed by atoms with Crippen LogP contribution in [0.2, 0.25) is 0 Å². The Balaban J connectivity index is 1.47. The number of H-pyrrole nitrogens is 1. The number of halogens is 5. The number of benzene rings is 2. The fourth-order valence-electron chi connectivity index (χ4n) is 3.93. The molecule has 1 aliphatic rings. The van der Waals surface area contributed by atoms with Crippen molar-refractivity contribution in [3.8, 4) is 11.3 Å².